The number of aryl methyl sites for hydroxylation is 2. The molecule has 3 aromatic rings. The summed E-state index contributed by atoms with van der Waals surface area (Å²) in [4.78, 5) is 8.85. The van der Waals surface area contributed by atoms with Crippen molar-refractivity contribution in [2.45, 2.75) is 45.1 Å². The highest BCUT2D eigenvalue weighted by Crippen LogP contribution is 2.37. The SMILES string of the molecule is CCc1cc2c(NC[C@H]3C[C@H](c4n[nH]c(C)n4)C[C@H]3O)nccc2o1. The number of fused-ring (bicyclic) bond motifs is 1. The van der Waals surface area contributed by atoms with Crippen molar-refractivity contribution in [2.24, 2.45) is 5.92 Å². The minimum absolute atomic E-state index is 0.151. The molecular weight excluding hydrogens is 318 g/mol. The van der Waals surface area contributed by atoms with Gasteiger partial charge in [-0.25, -0.2) is 9.97 Å². The summed E-state index contributed by atoms with van der Waals surface area (Å²) in [6, 6.07) is 3.92. The lowest BCUT2D eigenvalue weighted by atomic mass is 10.0. The van der Waals surface area contributed by atoms with Crippen LogP contribution in [0.4, 0.5) is 5.82 Å². The molecule has 0 unspecified atom stereocenters. The Morgan fingerprint density at radius 3 is 3.04 bits per heavy atom. The highest BCUT2D eigenvalue weighted by molar-refractivity contribution is 5.88. The van der Waals surface area contributed by atoms with Crippen LogP contribution < -0.4 is 5.32 Å². The van der Waals surface area contributed by atoms with Gasteiger partial charge in [-0.2, -0.15) is 5.10 Å². The third kappa shape index (κ3) is 3.11. The van der Waals surface area contributed by atoms with Gasteiger partial charge in [0.25, 0.3) is 0 Å². The van der Waals surface area contributed by atoms with Gasteiger partial charge in [-0.15, -0.1) is 0 Å². The van der Waals surface area contributed by atoms with Gasteiger partial charge in [-0.05, 0) is 31.9 Å². The third-order valence-electron chi connectivity index (χ3n) is 5.01. The molecule has 0 amide bonds. The van der Waals surface area contributed by atoms with Crippen molar-refractivity contribution in [3.63, 3.8) is 0 Å². The lowest BCUT2D eigenvalue weighted by Gasteiger charge is -2.15. The number of rotatable bonds is 5. The second-order valence-corrected chi connectivity index (χ2v) is 6.79. The number of aliphatic hydroxyl groups excluding tert-OH is 1. The van der Waals surface area contributed by atoms with Gasteiger partial charge in [0.15, 0.2) is 5.82 Å². The normalized spacial score (nSPS) is 23.4. The minimum atomic E-state index is -0.355. The molecule has 0 saturated heterocycles. The van der Waals surface area contributed by atoms with Crippen molar-refractivity contribution >= 4 is 16.8 Å². The van der Waals surface area contributed by atoms with Crippen molar-refractivity contribution in [1.82, 2.24) is 20.2 Å². The van der Waals surface area contributed by atoms with E-state index in [1.165, 1.54) is 0 Å². The van der Waals surface area contributed by atoms with Crippen molar-refractivity contribution in [2.75, 3.05) is 11.9 Å². The van der Waals surface area contributed by atoms with E-state index in [1.54, 1.807) is 6.20 Å². The Morgan fingerprint density at radius 1 is 1.40 bits per heavy atom. The monoisotopic (exact) mass is 341 g/mol. The van der Waals surface area contributed by atoms with E-state index in [-0.39, 0.29) is 17.9 Å². The first-order chi connectivity index (χ1) is 12.1. The summed E-state index contributed by atoms with van der Waals surface area (Å²) in [6.07, 6.45) is 3.82. The average molecular weight is 341 g/mol. The zero-order chi connectivity index (χ0) is 17.4. The predicted molar refractivity (Wildman–Crippen MR) is 94.5 cm³/mol. The van der Waals surface area contributed by atoms with Crippen LogP contribution in [0.25, 0.3) is 11.0 Å². The molecular formula is C18H23N5O2. The standard InChI is InChI=1S/C18H23N5O2/c1-3-13-8-14-16(25-13)4-5-19-18(14)20-9-12-6-11(7-15(12)24)17-21-10(2)22-23-17/h4-5,8,11-12,15,24H,3,6-7,9H2,1-2H3,(H,19,20)(H,21,22,23)/t11-,12+,15+/m0/s1. The van der Waals surface area contributed by atoms with Gasteiger partial charge in [0.05, 0.1) is 11.5 Å². The lowest BCUT2D eigenvalue weighted by Crippen LogP contribution is -2.22. The number of aromatic amines is 1. The van der Waals surface area contributed by atoms with Crippen molar-refractivity contribution in [3.05, 3.63) is 35.7 Å². The van der Waals surface area contributed by atoms with Gasteiger partial charge in [-0.1, -0.05) is 6.92 Å². The fraction of sp³-hybridized carbons (Fsp3) is 0.500. The molecule has 3 aromatic heterocycles. The van der Waals surface area contributed by atoms with Crippen LogP contribution in [0, 0.1) is 12.8 Å². The molecule has 1 aliphatic rings. The molecule has 0 aliphatic heterocycles. The van der Waals surface area contributed by atoms with E-state index < -0.39 is 0 Å². The van der Waals surface area contributed by atoms with E-state index in [4.69, 9.17) is 4.42 Å². The maximum atomic E-state index is 10.4. The Hall–Kier alpha value is -2.41. The van der Waals surface area contributed by atoms with Crippen LogP contribution in [-0.2, 0) is 6.42 Å². The second-order valence-electron chi connectivity index (χ2n) is 6.79. The van der Waals surface area contributed by atoms with Gasteiger partial charge in [0.2, 0.25) is 0 Å². The molecule has 7 nitrogen and oxygen atoms in total. The van der Waals surface area contributed by atoms with Crippen LogP contribution in [0.5, 0.6) is 0 Å². The lowest BCUT2D eigenvalue weighted by molar-refractivity contribution is 0.137. The van der Waals surface area contributed by atoms with Gasteiger partial charge >= 0.3 is 0 Å². The molecule has 25 heavy (non-hydrogen) atoms. The summed E-state index contributed by atoms with van der Waals surface area (Å²) in [5, 5.41) is 21.9. The maximum absolute atomic E-state index is 10.4. The van der Waals surface area contributed by atoms with E-state index in [2.05, 4.69) is 32.4 Å². The fourth-order valence-electron chi connectivity index (χ4n) is 3.63. The van der Waals surface area contributed by atoms with Gasteiger partial charge in [-0.3, -0.25) is 5.10 Å². The molecule has 3 atom stereocenters. The van der Waals surface area contributed by atoms with Crippen LogP contribution in [0.3, 0.4) is 0 Å². The van der Waals surface area contributed by atoms with E-state index in [9.17, 15) is 5.11 Å². The van der Waals surface area contributed by atoms with Crippen LogP contribution in [-0.4, -0.2) is 37.9 Å². The van der Waals surface area contributed by atoms with Crippen molar-refractivity contribution in [3.8, 4) is 0 Å². The van der Waals surface area contributed by atoms with Crippen LogP contribution in [0.2, 0.25) is 0 Å². The Balaban J connectivity index is 1.45. The fourth-order valence-corrected chi connectivity index (χ4v) is 3.63. The Kier molecular flexibility index (Phi) is 4.17. The Bertz CT molecular complexity index is 871. The summed E-state index contributed by atoms with van der Waals surface area (Å²) in [5.74, 6) is 3.74. The van der Waals surface area contributed by atoms with E-state index in [1.807, 2.05) is 19.1 Å². The smallest absolute Gasteiger partial charge is 0.153 e. The molecule has 0 spiro atoms. The van der Waals surface area contributed by atoms with Gasteiger partial charge in [0, 0.05) is 31.0 Å². The molecule has 1 saturated carbocycles. The second kappa shape index (κ2) is 6.48. The minimum Gasteiger partial charge on any atom is -0.461 e. The number of pyridine rings is 1. The number of hydrogen-bond donors (Lipinski definition) is 3. The van der Waals surface area contributed by atoms with Crippen LogP contribution in [0.1, 0.15) is 43.1 Å². The first-order valence-electron chi connectivity index (χ1n) is 8.82. The summed E-state index contributed by atoms with van der Waals surface area (Å²) in [5.41, 5.74) is 0.843. The topological polar surface area (TPSA) is 99.9 Å². The first kappa shape index (κ1) is 16.1. The summed E-state index contributed by atoms with van der Waals surface area (Å²) >= 11 is 0. The number of furan rings is 1. The molecule has 1 fully saturated rings. The number of aromatic nitrogens is 4. The summed E-state index contributed by atoms with van der Waals surface area (Å²) in [7, 11) is 0. The van der Waals surface area contributed by atoms with Crippen molar-refractivity contribution < 1.29 is 9.52 Å². The quantitative estimate of drug-likeness (QED) is 0.660. The molecule has 0 aromatic carbocycles. The van der Waals surface area contributed by atoms with E-state index >= 15 is 0 Å². The molecule has 0 radical (unpaired) electrons. The largest absolute Gasteiger partial charge is 0.461 e. The zero-order valence-electron chi connectivity index (χ0n) is 14.5. The number of aliphatic hydroxyl groups is 1. The number of H-pyrrole nitrogens is 1. The third-order valence-corrected chi connectivity index (χ3v) is 5.01. The molecule has 4 rings (SSSR count). The highest BCUT2D eigenvalue weighted by atomic mass is 16.3. The van der Waals surface area contributed by atoms with Crippen molar-refractivity contribution in [1.29, 1.82) is 0 Å². The predicted octanol–water partition coefficient (Wildman–Crippen LogP) is 2.78. The average Bonchev–Trinajstić information content (AvgIpc) is 3.30. The highest BCUT2D eigenvalue weighted by Gasteiger charge is 2.35. The number of nitrogens with one attached hydrogen (secondary N) is 2. The Morgan fingerprint density at radius 2 is 2.28 bits per heavy atom. The van der Waals surface area contributed by atoms with Crippen LogP contribution in [0.15, 0.2) is 22.7 Å². The molecule has 3 N–H and O–H groups in total. The van der Waals surface area contributed by atoms with Crippen LogP contribution >= 0.6 is 0 Å². The van der Waals surface area contributed by atoms with Gasteiger partial charge in [0.1, 0.15) is 23.0 Å². The van der Waals surface area contributed by atoms with E-state index in [0.717, 1.165) is 47.0 Å². The van der Waals surface area contributed by atoms with Gasteiger partial charge < -0.3 is 14.8 Å². The molecule has 3 heterocycles. The molecule has 1 aliphatic carbocycles. The Labute approximate surface area is 145 Å². The zero-order valence-corrected chi connectivity index (χ0v) is 14.5. The summed E-state index contributed by atoms with van der Waals surface area (Å²) < 4.78 is 5.78. The molecule has 0 bridgehead atoms. The number of hydrogen-bond acceptors (Lipinski definition) is 6. The molecule has 7 heteroatoms. The summed E-state index contributed by atoms with van der Waals surface area (Å²) in [6.45, 7) is 4.63. The first-order valence-corrected chi connectivity index (χ1v) is 8.82. The molecule has 132 valence electrons. The number of anilines is 1. The van der Waals surface area contributed by atoms with E-state index in [0.29, 0.717) is 13.0 Å². The number of nitrogens with zero attached hydrogens (tertiary/aromatic N) is 3. The maximum Gasteiger partial charge on any atom is 0.153 e.